The lowest BCUT2D eigenvalue weighted by Crippen LogP contribution is -2.05. The Balaban J connectivity index is 2.37. The van der Waals surface area contributed by atoms with Gasteiger partial charge < -0.3 is 10.1 Å². The zero-order valence-corrected chi connectivity index (χ0v) is 13.8. The van der Waals surface area contributed by atoms with Crippen LogP contribution in [0.25, 0.3) is 0 Å². The number of ether oxygens (including phenoxy) is 1. The zero-order valence-electron chi connectivity index (χ0n) is 12.2. The van der Waals surface area contributed by atoms with E-state index in [0.29, 0.717) is 21.9 Å². The molecule has 1 heterocycles. The smallest absolute Gasteiger partial charge is 0.227 e. The number of hydrogen-bond acceptors (Lipinski definition) is 4. The molecule has 0 saturated carbocycles. The van der Waals surface area contributed by atoms with Crippen LogP contribution >= 0.6 is 15.9 Å². The molecule has 0 aliphatic carbocycles. The van der Waals surface area contributed by atoms with Gasteiger partial charge in [-0.05, 0) is 41.4 Å². The molecule has 0 fully saturated rings. The quantitative estimate of drug-likeness (QED) is 0.861. The van der Waals surface area contributed by atoms with Crippen molar-refractivity contribution in [3.63, 3.8) is 0 Å². The zero-order chi connectivity index (χ0) is 15.4. The molecule has 0 saturated heterocycles. The first-order valence-electron chi connectivity index (χ1n) is 6.73. The molecule has 2 aromatic rings. The highest BCUT2D eigenvalue weighted by Gasteiger charge is 2.12. The minimum Gasteiger partial charge on any atom is -0.438 e. The molecule has 21 heavy (non-hydrogen) atoms. The lowest BCUT2D eigenvalue weighted by Gasteiger charge is -2.13. The van der Waals surface area contributed by atoms with Crippen molar-refractivity contribution >= 4 is 21.7 Å². The van der Waals surface area contributed by atoms with Crippen LogP contribution in [0.1, 0.15) is 24.7 Å². The molecule has 0 bridgehead atoms. The van der Waals surface area contributed by atoms with Crippen molar-refractivity contribution in [2.75, 3.05) is 12.4 Å². The van der Waals surface area contributed by atoms with E-state index < -0.39 is 0 Å². The number of halogens is 2. The van der Waals surface area contributed by atoms with Crippen molar-refractivity contribution in [3.05, 3.63) is 39.9 Å². The van der Waals surface area contributed by atoms with Crippen molar-refractivity contribution < 1.29 is 9.13 Å². The first-order valence-corrected chi connectivity index (χ1v) is 7.52. The fraction of sp³-hybridized carbons (Fsp3) is 0.333. The monoisotopic (exact) mass is 353 g/mol. The van der Waals surface area contributed by atoms with Crippen molar-refractivity contribution in [1.82, 2.24) is 9.97 Å². The number of aryl methyl sites for hydroxylation is 1. The lowest BCUT2D eigenvalue weighted by molar-refractivity contribution is 0.450. The second kappa shape index (κ2) is 6.85. The van der Waals surface area contributed by atoms with Gasteiger partial charge in [-0.2, -0.15) is 4.98 Å². The van der Waals surface area contributed by atoms with Gasteiger partial charge in [-0.3, -0.25) is 0 Å². The molecule has 0 radical (unpaired) electrons. The third-order valence-corrected chi connectivity index (χ3v) is 3.61. The maximum absolute atomic E-state index is 13.6. The molecule has 6 heteroatoms. The largest absolute Gasteiger partial charge is 0.438 e. The number of aromatic nitrogens is 2. The fourth-order valence-corrected chi connectivity index (χ4v) is 2.12. The van der Waals surface area contributed by atoms with Gasteiger partial charge in [-0.15, -0.1) is 0 Å². The highest BCUT2D eigenvalue weighted by Crippen LogP contribution is 2.29. The third-order valence-electron chi connectivity index (χ3n) is 2.96. The van der Waals surface area contributed by atoms with Gasteiger partial charge in [0.15, 0.2) is 0 Å². The van der Waals surface area contributed by atoms with E-state index in [-0.39, 0.29) is 5.82 Å². The molecule has 112 valence electrons. The van der Waals surface area contributed by atoms with E-state index in [0.717, 1.165) is 24.2 Å². The van der Waals surface area contributed by atoms with Gasteiger partial charge in [0.2, 0.25) is 5.88 Å². The Morgan fingerprint density at radius 3 is 2.71 bits per heavy atom. The molecule has 2 rings (SSSR count). The highest BCUT2D eigenvalue weighted by molar-refractivity contribution is 9.10. The van der Waals surface area contributed by atoms with Gasteiger partial charge in [0.05, 0.1) is 10.0 Å². The van der Waals surface area contributed by atoms with E-state index >= 15 is 0 Å². The average Bonchev–Trinajstić information content (AvgIpc) is 2.46. The van der Waals surface area contributed by atoms with Gasteiger partial charge in [-0.1, -0.05) is 6.92 Å². The van der Waals surface area contributed by atoms with E-state index in [1.54, 1.807) is 19.2 Å². The summed E-state index contributed by atoms with van der Waals surface area (Å²) in [4.78, 5) is 8.84. The predicted molar refractivity (Wildman–Crippen MR) is 84.5 cm³/mol. The van der Waals surface area contributed by atoms with Crippen LogP contribution in [0.3, 0.4) is 0 Å². The van der Waals surface area contributed by atoms with Crippen LogP contribution in [0.5, 0.6) is 11.6 Å². The summed E-state index contributed by atoms with van der Waals surface area (Å²) in [6.07, 6.45) is 1.71. The molecule has 1 aromatic heterocycles. The van der Waals surface area contributed by atoms with Crippen LogP contribution in [0.15, 0.2) is 22.7 Å². The second-order valence-electron chi connectivity index (χ2n) is 4.60. The Bertz CT molecular complexity index is 649. The first-order chi connectivity index (χ1) is 10.0. The van der Waals surface area contributed by atoms with Gasteiger partial charge in [0.25, 0.3) is 0 Å². The predicted octanol–water partition coefficient (Wildman–Crippen LogP) is 4.47. The summed E-state index contributed by atoms with van der Waals surface area (Å²) in [5, 5.41) is 3.03. The van der Waals surface area contributed by atoms with Gasteiger partial charge in [0.1, 0.15) is 23.2 Å². The fourth-order valence-electron chi connectivity index (χ4n) is 1.87. The molecule has 0 atom stereocenters. The van der Waals surface area contributed by atoms with E-state index in [2.05, 4.69) is 38.1 Å². The molecule has 1 aromatic carbocycles. The Kier molecular flexibility index (Phi) is 5.12. The average molecular weight is 354 g/mol. The molecule has 0 aliphatic rings. The van der Waals surface area contributed by atoms with Crippen LogP contribution in [-0.2, 0) is 6.42 Å². The van der Waals surface area contributed by atoms with Crippen LogP contribution < -0.4 is 10.1 Å². The first kappa shape index (κ1) is 15.7. The number of rotatable bonds is 5. The summed E-state index contributed by atoms with van der Waals surface area (Å²) in [5.41, 5.74) is 0.792. The summed E-state index contributed by atoms with van der Waals surface area (Å²) < 4.78 is 19.7. The number of nitrogens with one attached hydrogen (secondary N) is 1. The summed E-state index contributed by atoms with van der Waals surface area (Å²) >= 11 is 3.12. The maximum Gasteiger partial charge on any atom is 0.227 e. The molecule has 0 spiro atoms. The van der Waals surface area contributed by atoms with Gasteiger partial charge in [-0.25, -0.2) is 9.37 Å². The highest BCUT2D eigenvalue weighted by atomic mass is 79.9. The molecule has 4 nitrogen and oxygen atoms in total. The van der Waals surface area contributed by atoms with Crippen molar-refractivity contribution in [3.8, 4) is 11.6 Å². The number of nitrogens with zero attached hydrogens (tertiary/aromatic N) is 2. The summed E-state index contributed by atoms with van der Waals surface area (Å²) in [6.45, 7) is 3.93. The molecular weight excluding hydrogens is 337 g/mol. The number of anilines is 1. The topological polar surface area (TPSA) is 47.0 Å². The third kappa shape index (κ3) is 3.69. The standard InChI is InChI=1S/C15H17BrFN3O/c1-4-5-13-19-14(18-3)9(2)15(20-13)21-10-6-7-11(16)12(17)8-10/h6-8H,4-5H2,1-3H3,(H,18,19,20). The molecule has 1 N–H and O–H groups in total. The second-order valence-corrected chi connectivity index (χ2v) is 5.45. The Morgan fingerprint density at radius 2 is 2.10 bits per heavy atom. The lowest BCUT2D eigenvalue weighted by atomic mass is 10.2. The minimum atomic E-state index is -0.373. The molecule has 0 amide bonds. The number of benzene rings is 1. The Hall–Kier alpha value is -1.69. The van der Waals surface area contributed by atoms with Crippen LogP contribution in [0, 0.1) is 12.7 Å². The maximum atomic E-state index is 13.6. The molecule has 0 unspecified atom stereocenters. The minimum absolute atomic E-state index is 0.373. The van der Waals surface area contributed by atoms with Crippen molar-refractivity contribution in [2.45, 2.75) is 26.7 Å². The van der Waals surface area contributed by atoms with E-state index in [1.807, 2.05) is 6.92 Å². The van der Waals surface area contributed by atoms with Crippen LogP contribution in [0.2, 0.25) is 0 Å². The SMILES string of the molecule is CCCc1nc(NC)c(C)c(Oc2ccc(Br)c(F)c2)n1. The van der Waals surface area contributed by atoms with Gasteiger partial charge >= 0.3 is 0 Å². The van der Waals surface area contributed by atoms with Crippen LogP contribution in [-0.4, -0.2) is 17.0 Å². The number of hydrogen-bond donors (Lipinski definition) is 1. The summed E-state index contributed by atoms with van der Waals surface area (Å²) in [7, 11) is 1.80. The van der Waals surface area contributed by atoms with Gasteiger partial charge in [0, 0.05) is 19.5 Å². The van der Waals surface area contributed by atoms with Crippen molar-refractivity contribution in [1.29, 1.82) is 0 Å². The van der Waals surface area contributed by atoms with Crippen LogP contribution in [0.4, 0.5) is 10.2 Å². The summed E-state index contributed by atoms with van der Waals surface area (Å²) in [5.74, 6) is 1.91. The van der Waals surface area contributed by atoms with E-state index in [1.165, 1.54) is 6.07 Å². The van der Waals surface area contributed by atoms with E-state index in [4.69, 9.17) is 4.74 Å². The van der Waals surface area contributed by atoms with Crippen molar-refractivity contribution in [2.24, 2.45) is 0 Å². The Labute approximate surface area is 131 Å². The summed E-state index contributed by atoms with van der Waals surface area (Å²) in [6, 6.07) is 4.62. The van der Waals surface area contributed by atoms with E-state index in [9.17, 15) is 4.39 Å². The Morgan fingerprint density at radius 1 is 1.33 bits per heavy atom. The normalized spacial score (nSPS) is 10.5. The molecule has 0 aliphatic heterocycles. The molecular formula is C15H17BrFN3O.